The van der Waals surface area contributed by atoms with Crippen LogP contribution in [0.25, 0.3) is 11.0 Å². The molecule has 0 amide bonds. The van der Waals surface area contributed by atoms with Crippen molar-refractivity contribution in [3.05, 3.63) is 24.3 Å². The van der Waals surface area contributed by atoms with Crippen molar-refractivity contribution >= 4 is 46.6 Å². The van der Waals surface area contributed by atoms with E-state index in [1.54, 1.807) is 18.2 Å². The molecule has 0 N–H and O–H groups in total. The van der Waals surface area contributed by atoms with Gasteiger partial charge in [-0.3, -0.25) is 0 Å². The molecule has 6 heteroatoms. The van der Waals surface area contributed by atoms with E-state index in [9.17, 15) is 9.90 Å². The van der Waals surface area contributed by atoms with Gasteiger partial charge >= 0.3 is 0 Å². The van der Waals surface area contributed by atoms with E-state index >= 15 is 0 Å². The second kappa shape index (κ2) is 4.54. The number of carbonyl (C=O) groups is 1. The monoisotopic (exact) mass is 199 g/mol. The molecule has 2 rings (SSSR count). The average Bonchev–Trinajstić information content (AvgIpc) is 2.48. The van der Waals surface area contributed by atoms with Gasteiger partial charge < -0.3 is 9.90 Å². The van der Waals surface area contributed by atoms with Crippen LogP contribution in [0.15, 0.2) is 24.3 Å². The van der Waals surface area contributed by atoms with Gasteiger partial charge in [0, 0.05) is 29.6 Å². The van der Waals surface area contributed by atoms with Crippen LogP contribution in [0.2, 0.25) is 0 Å². The zero-order chi connectivity index (χ0) is 9.26. The molecule has 0 unspecified atom stereocenters. The van der Waals surface area contributed by atoms with Crippen molar-refractivity contribution in [3.63, 3.8) is 0 Å². The van der Waals surface area contributed by atoms with Crippen molar-refractivity contribution in [2.75, 3.05) is 0 Å². The first kappa shape index (κ1) is 11.2. The molecule has 0 aliphatic rings. The molecule has 5 nitrogen and oxygen atoms in total. The van der Waals surface area contributed by atoms with Crippen LogP contribution in [-0.2, 0) is 11.3 Å². The minimum Gasteiger partial charge on any atom is -0.548 e. The van der Waals surface area contributed by atoms with Gasteiger partial charge in [-0.25, -0.2) is 4.68 Å². The fourth-order valence-electron chi connectivity index (χ4n) is 1.16. The molecular weight excluding hydrogens is 193 g/mol. The number of nitrogens with zero attached hydrogens (tertiary/aromatic N) is 3. The molecule has 0 spiro atoms. The molecule has 1 aromatic heterocycles. The summed E-state index contributed by atoms with van der Waals surface area (Å²) in [6.07, 6.45) is 0. The Labute approximate surface area is 102 Å². The van der Waals surface area contributed by atoms with Crippen LogP contribution < -0.4 is 5.11 Å². The number of rotatable bonds is 2. The second-order valence-electron chi connectivity index (χ2n) is 2.61. The molecule has 2 aromatic rings. The number of benzene rings is 1. The third-order valence-electron chi connectivity index (χ3n) is 1.70. The zero-order valence-electron chi connectivity index (χ0n) is 7.67. The van der Waals surface area contributed by atoms with E-state index in [1.807, 2.05) is 6.07 Å². The van der Waals surface area contributed by atoms with E-state index in [0.29, 0.717) is 11.0 Å². The fraction of sp³-hybridized carbons (Fsp3) is 0.125. The Morgan fingerprint density at radius 2 is 2.14 bits per heavy atom. The van der Waals surface area contributed by atoms with E-state index in [0.717, 1.165) is 0 Å². The van der Waals surface area contributed by atoms with E-state index < -0.39 is 5.97 Å². The number of carboxylic acids is 1. The number of fused-ring (bicyclic) bond motifs is 1. The summed E-state index contributed by atoms with van der Waals surface area (Å²) >= 11 is 0. The molecular formula is C8H6N3NaO2-. The molecule has 0 bridgehead atoms. The Morgan fingerprint density at radius 3 is 2.86 bits per heavy atom. The van der Waals surface area contributed by atoms with Crippen molar-refractivity contribution in [3.8, 4) is 0 Å². The van der Waals surface area contributed by atoms with Crippen molar-refractivity contribution in [1.82, 2.24) is 15.0 Å². The van der Waals surface area contributed by atoms with Crippen LogP contribution in [0.4, 0.5) is 0 Å². The van der Waals surface area contributed by atoms with Crippen LogP contribution in [0, 0.1) is 0 Å². The van der Waals surface area contributed by atoms with Crippen molar-refractivity contribution in [2.45, 2.75) is 6.54 Å². The predicted molar refractivity (Wildman–Crippen MR) is 48.3 cm³/mol. The number of hydrogen-bond donors (Lipinski definition) is 0. The molecule has 1 radical (unpaired) electrons. The predicted octanol–water partition coefficient (Wildman–Crippen LogP) is -1.20. The molecule has 0 saturated carbocycles. The Morgan fingerprint density at radius 1 is 1.43 bits per heavy atom. The Bertz CT molecular complexity index is 455. The second-order valence-corrected chi connectivity index (χ2v) is 2.61. The van der Waals surface area contributed by atoms with Crippen molar-refractivity contribution in [1.29, 1.82) is 0 Å². The first-order chi connectivity index (χ1) is 6.27. The van der Waals surface area contributed by atoms with Gasteiger partial charge in [0.15, 0.2) is 0 Å². The molecule has 0 fully saturated rings. The van der Waals surface area contributed by atoms with E-state index in [1.165, 1.54) is 4.68 Å². The third-order valence-corrected chi connectivity index (χ3v) is 1.70. The zero-order valence-corrected chi connectivity index (χ0v) is 9.67. The van der Waals surface area contributed by atoms with Crippen LogP contribution in [-0.4, -0.2) is 50.5 Å². The van der Waals surface area contributed by atoms with Crippen molar-refractivity contribution in [2.24, 2.45) is 0 Å². The van der Waals surface area contributed by atoms with Gasteiger partial charge in [0.25, 0.3) is 0 Å². The topological polar surface area (TPSA) is 70.8 Å². The molecule has 1 heterocycles. The summed E-state index contributed by atoms with van der Waals surface area (Å²) in [6.45, 7) is -0.263. The van der Waals surface area contributed by atoms with E-state index in [2.05, 4.69) is 10.3 Å². The van der Waals surface area contributed by atoms with Gasteiger partial charge in [0.1, 0.15) is 5.52 Å². The van der Waals surface area contributed by atoms with Gasteiger partial charge in [-0.15, -0.1) is 5.10 Å². The molecule has 1 aromatic carbocycles. The van der Waals surface area contributed by atoms with Crippen LogP contribution in [0.3, 0.4) is 0 Å². The van der Waals surface area contributed by atoms with Gasteiger partial charge in [-0.05, 0) is 12.1 Å². The molecule has 0 atom stereocenters. The van der Waals surface area contributed by atoms with Gasteiger partial charge in [0.2, 0.25) is 0 Å². The SMILES string of the molecule is O=C([O-])Cn1nnc2ccccc21.[Na]. The minimum absolute atomic E-state index is 0. The summed E-state index contributed by atoms with van der Waals surface area (Å²) < 4.78 is 1.30. The maximum Gasteiger partial charge on any atom is 0.113 e. The minimum atomic E-state index is -1.17. The summed E-state index contributed by atoms with van der Waals surface area (Å²) in [4.78, 5) is 10.3. The Balaban J connectivity index is 0.000000980. The average molecular weight is 199 g/mol. The maximum atomic E-state index is 10.3. The smallest absolute Gasteiger partial charge is 0.113 e. The standard InChI is InChI=1S/C8H7N3O2.Na/c12-8(13)5-11-7-4-2-1-3-6(7)9-10-11;/h1-4H,5H2,(H,12,13);/p-1. The largest absolute Gasteiger partial charge is 0.548 e. The fourth-order valence-corrected chi connectivity index (χ4v) is 1.16. The molecule has 0 aliphatic heterocycles. The Kier molecular flexibility index (Phi) is 3.62. The quantitative estimate of drug-likeness (QED) is 0.569. The number of hydrogen-bond acceptors (Lipinski definition) is 4. The van der Waals surface area contributed by atoms with Gasteiger partial charge in [-0.2, -0.15) is 0 Å². The number of carbonyl (C=O) groups excluding carboxylic acids is 1. The van der Waals surface area contributed by atoms with Crippen LogP contribution >= 0.6 is 0 Å². The molecule has 0 saturated heterocycles. The van der Waals surface area contributed by atoms with Crippen LogP contribution in [0.5, 0.6) is 0 Å². The van der Waals surface area contributed by atoms with Crippen molar-refractivity contribution < 1.29 is 9.90 Å². The number of carboxylic acid groups (broad SMARTS) is 1. The Hall–Kier alpha value is -0.910. The first-order valence-corrected chi connectivity index (χ1v) is 3.75. The number of para-hydroxylation sites is 1. The molecule has 0 aliphatic carbocycles. The molecule has 67 valence electrons. The summed E-state index contributed by atoms with van der Waals surface area (Å²) in [5, 5.41) is 17.8. The van der Waals surface area contributed by atoms with Crippen LogP contribution in [0.1, 0.15) is 0 Å². The third kappa shape index (κ3) is 2.12. The summed E-state index contributed by atoms with van der Waals surface area (Å²) in [5.74, 6) is -1.17. The van der Waals surface area contributed by atoms with E-state index in [-0.39, 0.29) is 36.1 Å². The summed E-state index contributed by atoms with van der Waals surface area (Å²) in [7, 11) is 0. The molecule has 14 heavy (non-hydrogen) atoms. The van der Waals surface area contributed by atoms with E-state index in [4.69, 9.17) is 0 Å². The van der Waals surface area contributed by atoms with Gasteiger partial charge in [0.05, 0.1) is 18.0 Å². The summed E-state index contributed by atoms with van der Waals surface area (Å²) in [6, 6.07) is 7.16. The number of aliphatic carboxylic acids is 1. The normalized spacial score (nSPS) is 9.71. The number of aromatic nitrogens is 3. The first-order valence-electron chi connectivity index (χ1n) is 3.75. The maximum absolute atomic E-state index is 10.3. The summed E-state index contributed by atoms with van der Waals surface area (Å²) in [5.41, 5.74) is 1.38. The van der Waals surface area contributed by atoms with Gasteiger partial charge in [-0.1, -0.05) is 17.3 Å².